The number of piperidine rings is 1. The molecule has 0 saturated carbocycles. The predicted octanol–water partition coefficient (Wildman–Crippen LogP) is 3.59. The number of halogens is 1. The molecule has 1 aromatic heterocycles. The average molecular weight is 396 g/mol. The summed E-state index contributed by atoms with van der Waals surface area (Å²) >= 11 is 4.59. The molecule has 0 unspecified atom stereocenters. The van der Waals surface area contributed by atoms with Crippen LogP contribution in [0.3, 0.4) is 0 Å². The minimum absolute atomic E-state index is 0.131. The van der Waals surface area contributed by atoms with E-state index in [0.29, 0.717) is 27.2 Å². The Bertz CT molecular complexity index is 583. The number of aliphatic hydroxyl groups excluding tert-OH is 1. The van der Waals surface area contributed by atoms with Crippen LogP contribution in [0, 0.1) is 5.41 Å². The zero-order valence-corrected chi connectivity index (χ0v) is 15.7. The summed E-state index contributed by atoms with van der Waals surface area (Å²) in [6, 6.07) is 1.57. The van der Waals surface area contributed by atoms with Crippen LogP contribution in [-0.4, -0.2) is 30.9 Å². The van der Waals surface area contributed by atoms with Gasteiger partial charge in [0.1, 0.15) is 4.90 Å². The van der Waals surface area contributed by atoms with Gasteiger partial charge in [-0.25, -0.2) is 8.42 Å². The zero-order valence-electron chi connectivity index (χ0n) is 12.4. The Morgan fingerprint density at radius 1 is 1.33 bits per heavy atom. The van der Waals surface area contributed by atoms with Crippen molar-refractivity contribution in [2.75, 3.05) is 13.1 Å². The van der Waals surface area contributed by atoms with E-state index in [1.807, 2.05) is 0 Å². The lowest BCUT2D eigenvalue weighted by molar-refractivity contribution is 0.141. The Balaban J connectivity index is 2.20. The van der Waals surface area contributed by atoms with Crippen molar-refractivity contribution in [1.29, 1.82) is 0 Å². The molecule has 0 aromatic carbocycles. The van der Waals surface area contributed by atoms with Gasteiger partial charge in [0.05, 0.1) is 10.4 Å². The van der Waals surface area contributed by atoms with Crippen molar-refractivity contribution in [3.8, 4) is 0 Å². The fourth-order valence-corrected chi connectivity index (χ4v) is 6.88. The molecular formula is C14H22BrNO3S2. The van der Waals surface area contributed by atoms with Gasteiger partial charge in [0, 0.05) is 18.0 Å². The topological polar surface area (TPSA) is 57.6 Å². The Morgan fingerprint density at radius 2 is 1.90 bits per heavy atom. The summed E-state index contributed by atoms with van der Waals surface area (Å²) in [5.74, 6) is 0. The predicted molar refractivity (Wildman–Crippen MR) is 88.9 cm³/mol. The Hall–Kier alpha value is 0.0500. The molecule has 1 aliphatic heterocycles. The molecule has 4 nitrogen and oxygen atoms in total. The van der Waals surface area contributed by atoms with Crippen LogP contribution in [0.15, 0.2) is 14.7 Å². The molecule has 21 heavy (non-hydrogen) atoms. The van der Waals surface area contributed by atoms with E-state index in [-0.39, 0.29) is 11.5 Å². The summed E-state index contributed by atoms with van der Waals surface area (Å²) in [4.78, 5) is 0.950. The SMILES string of the molecule is CCC1(CC)CCN(S(=O)(=O)c2cc(CO)sc2Br)CC1. The second-order valence-electron chi connectivity index (χ2n) is 5.62. The summed E-state index contributed by atoms with van der Waals surface area (Å²) in [6.07, 6.45) is 4.06. The quantitative estimate of drug-likeness (QED) is 0.828. The summed E-state index contributed by atoms with van der Waals surface area (Å²) in [7, 11) is -3.46. The van der Waals surface area contributed by atoms with Gasteiger partial charge in [-0.2, -0.15) is 4.31 Å². The number of hydrogen-bond donors (Lipinski definition) is 1. The Labute approximate surface area is 139 Å². The van der Waals surface area contributed by atoms with Crippen molar-refractivity contribution in [2.45, 2.75) is 51.0 Å². The van der Waals surface area contributed by atoms with E-state index >= 15 is 0 Å². The highest BCUT2D eigenvalue weighted by molar-refractivity contribution is 9.11. The molecule has 2 heterocycles. The van der Waals surface area contributed by atoms with E-state index in [0.717, 1.165) is 25.7 Å². The molecule has 1 aromatic rings. The molecule has 7 heteroatoms. The fourth-order valence-electron chi connectivity index (χ4n) is 2.95. The van der Waals surface area contributed by atoms with Crippen molar-refractivity contribution < 1.29 is 13.5 Å². The first-order valence-electron chi connectivity index (χ1n) is 7.28. The maximum absolute atomic E-state index is 12.7. The second kappa shape index (κ2) is 6.66. The molecule has 0 amide bonds. The molecule has 1 aliphatic rings. The molecule has 0 spiro atoms. The minimum Gasteiger partial charge on any atom is -0.391 e. The highest BCUT2D eigenvalue weighted by Gasteiger charge is 2.37. The summed E-state index contributed by atoms with van der Waals surface area (Å²) < 4.78 is 27.7. The normalized spacial score (nSPS) is 19.8. The van der Waals surface area contributed by atoms with Gasteiger partial charge in [-0.15, -0.1) is 11.3 Å². The highest BCUT2D eigenvalue weighted by Crippen LogP contribution is 2.40. The monoisotopic (exact) mass is 395 g/mol. The number of aliphatic hydroxyl groups is 1. The smallest absolute Gasteiger partial charge is 0.245 e. The lowest BCUT2D eigenvalue weighted by Gasteiger charge is -2.40. The lowest BCUT2D eigenvalue weighted by atomic mass is 9.75. The number of hydrogen-bond acceptors (Lipinski definition) is 4. The van der Waals surface area contributed by atoms with Crippen molar-refractivity contribution in [3.05, 3.63) is 14.7 Å². The van der Waals surface area contributed by atoms with Crippen LogP contribution in [0.2, 0.25) is 0 Å². The molecule has 0 bridgehead atoms. The number of nitrogens with zero attached hydrogens (tertiary/aromatic N) is 1. The van der Waals surface area contributed by atoms with Gasteiger partial charge in [-0.3, -0.25) is 0 Å². The highest BCUT2D eigenvalue weighted by atomic mass is 79.9. The molecule has 1 N–H and O–H groups in total. The van der Waals surface area contributed by atoms with E-state index in [9.17, 15) is 8.42 Å². The fraction of sp³-hybridized carbons (Fsp3) is 0.714. The van der Waals surface area contributed by atoms with Crippen LogP contribution in [-0.2, 0) is 16.6 Å². The first-order chi connectivity index (χ1) is 9.88. The molecule has 120 valence electrons. The Kier molecular flexibility index (Phi) is 5.52. The minimum atomic E-state index is -3.46. The van der Waals surface area contributed by atoms with Gasteiger partial charge in [0.25, 0.3) is 0 Å². The van der Waals surface area contributed by atoms with Gasteiger partial charge in [-0.1, -0.05) is 26.7 Å². The zero-order chi connectivity index (χ0) is 15.7. The third-order valence-electron chi connectivity index (χ3n) is 4.76. The van der Waals surface area contributed by atoms with E-state index in [1.165, 1.54) is 11.3 Å². The third-order valence-corrected chi connectivity index (χ3v) is 8.90. The van der Waals surface area contributed by atoms with Crippen molar-refractivity contribution in [1.82, 2.24) is 4.31 Å². The first kappa shape index (κ1) is 17.4. The number of rotatable bonds is 5. The molecule has 0 radical (unpaired) electrons. The van der Waals surface area contributed by atoms with Crippen LogP contribution in [0.25, 0.3) is 0 Å². The average Bonchev–Trinajstić information content (AvgIpc) is 2.89. The third kappa shape index (κ3) is 3.37. The van der Waals surface area contributed by atoms with Gasteiger partial charge in [0.2, 0.25) is 10.0 Å². The van der Waals surface area contributed by atoms with E-state index in [4.69, 9.17) is 5.11 Å². The summed E-state index contributed by atoms with van der Waals surface area (Å²) in [5, 5.41) is 9.17. The van der Waals surface area contributed by atoms with E-state index in [1.54, 1.807) is 10.4 Å². The van der Waals surface area contributed by atoms with Gasteiger partial charge in [0.15, 0.2) is 0 Å². The molecule has 0 aliphatic carbocycles. The van der Waals surface area contributed by atoms with Crippen LogP contribution >= 0.6 is 27.3 Å². The Morgan fingerprint density at radius 3 is 2.33 bits per heavy atom. The van der Waals surface area contributed by atoms with Crippen LogP contribution in [0.5, 0.6) is 0 Å². The largest absolute Gasteiger partial charge is 0.391 e. The number of sulfonamides is 1. The van der Waals surface area contributed by atoms with Crippen LogP contribution in [0.1, 0.15) is 44.4 Å². The first-order valence-corrected chi connectivity index (χ1v) is 10.3. The molecular weight excluding hydrogens is 374 g/mol. The van der Waals surface area contributed by atoms with Crippen LogP contribution < -0.4 is 0 Å². The van der Waals surface area contributed by atoms with Gasteiger partial charge in [-0.05, 0) is 40.3 Å². The van der Waals surface area contributed by atoms with Crippen molar-refractivity contribution in [3.63, 3.8) is 0 Å². The molecule has 1 saturated heterocycles. The summed E-state index contributed by atoms with van der Waals surface area (Å²) in [5.41, 5.74) is 0.300. The lowest BCUT2D eigenvalue weighted by Crippen LogP contribution is -2.42. The maximum Gasteiger partial charge on any atom is 0.245 e. The molecule has 1 fully saturated rings. The van der Waals surface area contributed by atoms with E-state index < -0.39 is 10.0 Å². The van der Waals surface area contributed by atoms with Gasteiger partial charge >= 0.3 is 0 Å². The van der Waals surface area contributed by atoms with E-state index in [2.05, 4.69) is 29.8 Å². The standard InChI is InChI=1S/C14H22BrNO3S2/c1-3-14(4-2)5-7-16(8-6-14)21(18,19)12-9-11(10-17)20-13(12)15/h9,17H,3-8,10H2,1-2H3. The van der Waals surface area contributed by atoms with Crippen molar-refractivity contribution in [2.24, 2.45) is 5.41 Å². The summed E-state index contributed by atoms with van der Waals surface area (Å²) in [6.45, 7) is 5.42. The van der Waals surface area contributed by atoms with Gasteiger partial charge < -0.3 is 5.11 Å². The van der Waals surface area contributed by atoms with Crippen LogP contribution in [0.4, 0.5) is 0 Å². The second-order valence-corrected chi connectivity index (χ2v) is 9.98. The molecule has 2 rings (SSSR count). The maximum atomic E-state index is 12.7. The molecule has 0 atom stereocenters. The van der Waals surface area contributed by atoms with Crippen molar-refractivity contribution >= 4 is 37.3 Å². The number of thiophene rings is 1.